The molecule has 0 aliphatic carbocycles. The zero-order valence-corrected chi connectivity index (χ0v) is 13.6. The van der Waals surface area contributed by atoms with Gasteiger partial charge >= 0.3 is 18.0 Å². The molecule has 0 spiro atoms. The first kappa shape index (κ1) is 19.4. The van der Waals surface area contributed by atoms with E-state index in [1.165, 1.54) is 12.1 Å². The predicted molar refractivity (Wildman–Crippen MR) is 81.4 cm³/mol. The number of H-pyrrole nitrogens is 1. The Hall–Kier alpha value is -2.36. The van der Waals surface area contributed by atoms with E-state index >= 15 is 0 Å². The molecule has 11 heteroatoms. The summed E-state index contributed by atoms with van der Waals surface area (Å²) in [7, 11) is 0. The Morgan fingerprint density at radius 2 is 1.48 bits per heavy atom. The Labute approximate surface area is 150 Å². The Morgan fingerprint density at radius 3 is 2.04 bits per heavy atom. The van der Waals surface area contributed by atoms with Crippen molar-refractivity contribution in [3.8, 4) is 11.1 Å². The third-order valence-electron chi connectivity index (χ3n) is 3.77. The van der Waals surface area contributed by atoms with E-state index < -0.39 is 29.7 Å². The van der Waals surface area contributed by atoms with Crippen LogP contribution in [0.5, 0.6) is 0 Å². The maximum atomic E-state index is 13.8. The van der Waals surface area contributed by atoms with Crippen molar-refractivity contribution < 1.29 is 35.1 Å². The maximum absolute atomic E-state index is 13.8. The molecule has 2 nitrogen and oxygen atoms in total. The standard InChI is InChI=1S/C16H7ClF8N2/c17-10-6-12-11(5-9(10)7-1-3-8(18)4-2-7)26-13(27-12)14(19,20)15(21,22)16(23,24)25/h1-6H,(H,26,27). The van der Waals surface area contributed by atoms with E-state index in [9.17, 15) is 35.1 Å². The topological polar surface area (TPSA) is 28.7 Å². The molecule has 3 aromatic rings. The average Bonchev–Trinajstić information content (AvgIpc) is 2.97. The van der Waals surface area contributed by atoms with Gasteiger partial charge < -0.3 is 4.98 Å². The molecule has 0 bridgehead atoms. The molecule has 0 aliphatic heterocycles. The summed E-state index contributed by atoms with van der Waals surface area (Å²) in [6.45, 7) is 0. The molecule has 0 amide bonds. The van der Waals surface area contributed by atoms with Gasteiger partial charge in [0.05, 0.1) is 16.1 Å². The van der Waals surface area contributed by atoms with E-state index in [1.807, 2.05) is 0 Å². The minimum Gasteiger partial charge on any atom is -0.337 e. The largest absolute Gasteiger partial charge is 0.460 e. The average molecular weight is 415 g/mol. The van der Waals surface area contributed by atoms with Gasteiger partial charge in [-0.1, -0.05) is 23.7 Å². The number of rotatable bonds is 3. The summed E-state index contributed by atoms with van der Waals surface area (Å²) in [5.41, 5.74) is 0.00184. The number of nitrogens with zero attached hydrogens (tertiary/aromatic N) is 1. The highest BCUT2D eigenvalue weighted by molar-refractivity contribution is 6.34. The number of hydrogen-bond acceptors (Lipinski definition) is 1. The van der Waals surface area contributed by atoms with Crippen molar-refractivity contribution in [2.24, 2.45) is 0 Å². The van der Waals surface area contributed by atoms with Gasteiger partial charge in [-0.15, -0.1) is 0 Å². The van der Waals surface area contributed by atoms with Crippen LogP contribution in [0.15, 0.2) is 36.4 Å². The molecule has 1 heterocycles. The molecule has 0 radical (unpaired) electrons. The molecule has 27 heavy (non-hydrogen) atoms. The van der Waals surface area contributed by atoms with Crippen LogP contribution in [0.25, 0.3) is 22.2 Å². The van der Waals surface area contributed by atoms with Crippen LogP contribution in [0.1, 0.15) is 5.82 Å². The number of imidazole rings is 1. The molecule has 144 valence electrons. The summed E-state index contributed by atoms with van der Waals surface area (Å²) in [6.07, 6.45) is -6.48. The molecule has 0 atom stereocenters. The number of hydrogen-bond donors (Lipinski definition) is 1. The van der Waals surface area contributed by atoms with Crippen LogP contribution in [0, 0.1) is 5.82 Å². The summed E-state index contributed by atoms with van der Waals surface area (Å²) < 4.78 is 104. The van der Waals surface area contributed by atoms with Crippen LogP contribution in [0.3, 0.4) is 0 Å². The second-order valence-electron chi connectivity index (χ2n) is 5.59. The third-order valence-corrected chi connectivity index (χ3v) is 4.09. The van der Waals surface area contributed by atoms with E-state index in [4.69, 9.17) is 11.6 Å². The molecule has 3 rings (SSSR count). The van der Waals surface area contributed by atoms with Crippen LogP contribution in [-0.2, 0) is 5.92 Å². The van der Waals surface area contributed by atoms with Crippen molar-refractivity contribution in [3.05, 3.63) is 53.1 Å². The van der Waals surface area contributed by atoms with E-state index in [2.05, 4.69) is 4.98 Å². The Balaban J connectivity index is 2.12. The van der Waals surface area contributed by atoms with Gasteiger partial charge in [0.2, 0.25) is 0 Å². The fraction of sp³-hybridized carbons (Fsp3) is 0.188. The lowest BCUT2D eigenvalue weighted by molar-refractivity contribution is -0.361. The first-order valence-corrected chi connectivity index (χ1v) is 7.50. The molecular weight excluding hydrogens is 408 g/mol. The number of benzene rings is 2. The van der Waals surface area contributed by atoms with E-state index in [0.29, 0.717) is 5.56 Å². The number of alkyl halides is 7. The van der Waals surface area contributed by atoms with Gasteiger partial charge in [-0.3, -0.25) is 0 Å². The quantitative estimate of drug-likeness (QED) is 0.500. The highest BCUT2D eigenvalue weighted by atomic mass is 35.5. The van der Waals surface area contributed by atoms with Gasteiger partial charge in [0, 0.05) is 5.56 Å². The second-order valence-corrected chi connectivity index (χ2v) is 6.00. The number of aromatic amines is 1. The van der Waals surface area contributed by atoms with Crippen molar-refractivity contribution in [2.45, 2.75) is 18.0 Å². The summed E-state index contributed by atoms with van der Waals surface area (Å²) in [6, 6.07) is 7.03. The Bertz CT molecular complexity index is 992. The van der Waals surface area contributed by atoms with Gasteiger partial charge in [-0.25, -0.2) is 9.37 Å². The molecular formula is C16H7ClF8N2. The second kappa shape index (κ2) is 6.08. The van der Waals surface area contributed by atoms with Crippen molar-refractivity contribution in [3.63, 3.8) is 0 Å². The number of aromatic nitrogens is 2. The fourth-order valence-electron chi connectivity index (χ4n) is 2.36. The first-order valence-electron chi connectivity index (χ1n) is 7.12. The lowest BCUT2D eigenvalue weighted by Crippen LogP contribution is -2.50. The number of nitrogens with one attached hydrogen (secondary N) is 1. The van der Waals surface area contributed by atoms with Crippen molar-refractivity contribution in [2.75, 3.05) is 0 Å². The van der Waals surface area contributed by atoms with Crippen LogP contribution in [0.2, 0.25) is 5.02 Å². The van der Waals surface area contributed by atoms with E-state index in [0.717, 1.165) is 24.3 Å². The summed E-state index contributed by atoms with van der Waals surface area (Å²) in [5.74, 6) is -14.4. The molecule has 2 aromatic carbocycles. The van der Waals surface area contributed by atoms with Crippen LogP contribution < -0.4 is 0 Å². The molecule has 0 unspecified atom stereocenters. The molecule has 1 aromatic heterocycles. The Morgan fingerprint density at radius 1 is 0.889 bits per heavy atom. The molecule has 0 fully saturated rings. The minimum absolute atomic E-state index is 0.0435. The van der Waals surface area contributed by atoms with Gasteiger partial charge in [-0.05, 0) is 29.8 Å². The molecule has 0 saturated heterocycles. The lowest BCUT2D eigenvalue weighted by Gasteiger charge is -2.26. The summed E-state index contributed by atoms with van der Waals surface area (Å²) >= 11 is 6.00. The SMILES string of the molecule is Fc1ccc(-c2cc3[nH]c(C(F)(F)C(F)(F)C(F)(F)F)nc3cc2Cl)cc1. The molecule has 1 N–H and O–H groups in total. The fourth-order valence-corrected chi connectivity index (χ4v) is 2.62. The predicted octanol–water partition coefficient (Wildman–Crippen LogP) is 6.31. The van der Waals surface area contributed by atoms with Gasteiger partial charge in [0.25, 0.3) is 0 Å². The molecule has 0 saturated carbocycles. The first-order chi connectivity index (χ1) is 12.3. The van der Waals surface area contributed by atoms with Gasteiger partial charge in [0.1, 0.15) is 5.82 Å². The summed E-state index contributed by atoms with van der Waals surface area (Å²) in [4.78, 5) is 4.93. The van der Waals surface area contributed by atoms with Crippen LogP contribution in [0.4, 0.5) is 35.1 Å². The van der Waals surface area contributed by atoms with E-state index in [-0.39, 0.29) is 21.6 Å². The summed E-state index contributed by atoms with van der Waals surface area (Å²) in [5, 5.41) is -0.0435. The van der Waals surface area contributed by atoms with Crippen LogP contribution >= 0.6 is 11.6 Å². The third kappa shape index (κ3) is 3.11. The van der Waals surface area contributed by atoms with Gasteiger partial charge in [-0.2, -0.15) is 30.7 Å². The molecule has 0 aliphatic rings. The monoisotopic (exact) mass is 414 g/mol. The van der Waals surface area contributed by atoms with E-state index in [1.54, 1.807) is 4.98 Å². The lowest BCUT2D eigenvalue weighted by atomic mass is 10.1. The number of halogens is 9. The van der Waals surface area contributed by atoms with Gasteiger partial charge in [0.15, 0.2) is 5.82 Å². The van der Waals surface area contributed by atoms with Crippen molar-refractivity contribution >= 4 is 22.6 Å². The van der Waals surface area contributed by atoms with Crippen molar-refractivity contribution in [1.29, 1.82) is 0 Å². The Kier molecular flexibility index (Phi) is 4.37. The minimum atomic E-state index is -6.48. The van der Waals surface area contributed by atoms with Crippen molar-refractivity contribution in [1.82, 2.24) is 9.97 Å². The van der Waals surface area contributed by atoms with Crippen LogP contribution in [-0.4, -0.2) is 22.1 Å². The highest BCUT2D eigenvalue weighted by Crippen LogP contribution is 2.51. The highest BCUT2D eigenvalue weighted by Gasteiger charge is 2.74. The normalized spacial score (nSPS) is 13.4. The zero-order valence-electron chi connectivity index (χ0n) is 12.8. The smallest absolute Gasteiger partial charge is 0.337 e. The maximum Gasteiger partial charge on any atom is 0.460 e. The zero-order chi connectivity index (χ0) is 20.2. The number of fused-ring (bicyclic) bond motifs is 1.